The van der Waals surface area contributed by atoms with Gasteiger partial charge < -0.3 is 15.5 Å². The Balaban J connectivity index is 1.88. The Morgan fingerprint density at radius 2 is 2.12 bits per heavy atom. The molecule has 17 heavy (non-hydrogen) atoms. The summed E-state index contributed by atoms with van der Waals surface area (Å²) in [5, 5.41) is 22.4. The van der Waals surface area contributed by atoms with Gasteiger partial charge in [-0.15, -0.1) is 0 Å². The number of phenols is 2. The molecule has 94 valence electrons. The van der Waals surface area contributed by atoms with Crippen molar-refractivity contribution in [3.63, 3.8) is 0 Å². The summed E-state index contributed by atoms with van der Waals surface area (Å²) in [6.07, 6.45) is 5.07. The normalized spacial score (nSPS) is 24.8. The zero-order valence-electron chi connectivity index (χ0n) is 10.3. The van der Waals surface area contributed by atoms with Gasteiger partial charge in [0.05, 0.1) is 0 Å². The number of benzene rings is 1. The van der Waals surface area contributed by atoms with Crippen molar-refractivity contribution >= 4 is 0 Å². The maximum atomic E-state index is 9.67. The molecule has 1 aliphatic carbocycles. The molecule has 1 aromatic rings. The van der Waals surface area contributed by atoms with Crippen molar-refractivity contribution in [2.24, 2.45) is 5.92 Å². The Labute approximate surface area is 102 Å². The molecule has 0 bridgehead atoms. The minimum Gasteiger partial charge on any atom is -0.508 e. The Morgan fingerprint density at radius 1 is 1.29 bits per heavy atom. The lowest BCUT2D eigenvalue weighted by Gasteiger charge is -2.27. The largest absolute Gasteiger partial charge is 0.508 e. The number of phenolic OH excluding ortho intramolecular Hbond substituents is 2. The molecule has 1 aliphatic rings. The monoisotopic (exact) mass is 235 g/mol. The highest BCUT2D eigenvalue weighted by Crippen LogP contribution is 2.25. The average Bonchev–Trinajstić information content (AvgIpc) is 2.28. The molecule has 0 aromatic heterocycles. The lowest BCUT2D eigenvalue weighted by molar-refractivity contribution is 0.299. The lowest BCUT2D eigenvalue weighted by atomic mass is 9.87. The smallest absolute Gasteiger partial charge is 0.123 e. The highest BCUT2D eigenvalue weighted by molar-refractivity contribution is 5.38. The van der Waals surface area contributed by atoms with Gasteiger partial charge in [-0.2, -0.15) is 0 Å². The molecule has 0 radical (unpaired) electrons. The molecule has 0 aliphatic heterocycles. The van der Waals surface area contributed by atoms with Crippen molar-refractivity contribution in [1.29, 1.82) is 0 Å². The summed E-state index contributed by atoms with van der Waals surface area (Å²) in [5.41, 5.74) is 0.848. The summed E-state index contributed by atoms with van der Waals surface area (Å²) in [6, 6.07) is 5.33. The zero-order chi connectivity index (χ0) is 12.3. The lowest BCUT2D eigenvalue weighted by Crippen LogP contribution is -2.33. The maximum absolute atomic E-state index is 9.67. The molecule has 3 heteroatoms. The van der Waals surface area contributed by atoms with E-state index in [2.05, 4.69) is 12.2 Å². The first kappa shape index (κ1) is 12.2. The Kier molecular flexibility index (Phi) is 3.89. The highest BCUT2D eigenvalue weighted by atomic mass is 16.3. The fourth-order valence-electron chi connectivity index (χ4n) is 2.58. The van der Waals surface area contributed by atoms with E-state index in [1.807, 2.05) is 0 Å². The van der Waals surface area contributed by atoms with Gasteiger partial charge >= 0.3 is 0 Å². The molecule has 0 heterocycles. The van der Waals surface area contributed by atoms with E-state index in [-0.39, 0.29) is 11.5 Å². The van der Waals surface area contributed by atoms with Crippen LogP contribution in [0.3, 0.4) is 0 Å². The van der Waals surface area contributed by atoms with Gasteiger partial charge in [0.2, 0.25) is 0 Å². The summed E-state index contributed by atoms with van der Waals surface area (Å²) in [4.78, 5) is 0. The third-order valence-electron chi connectivity index (χ3n) is 3.59. The third-order valence-corrected chi connectivity index (χ3v) is 3.59. The minimum absolute atomic E-state index is 0.109. The van der Waals surface area contributed by atoms with E-state index >= 15 is 0 Å². The molecule has 3 N–H and O–H groups in total. The third kappa shape index (κ3) is 3.37. The molecule has 0 amide bonds. The van der Waals surface area contributed by atoms with E-state index in [0.29, 0.717) is 12.6 Å². The van der Waals surface area contributed by atoms with Gasteiger partial charge in [0.25, 0.3) is 0 Å². The van der Waals surface area contributed by atoms with E-state index in [1.54, 1.807) is 12.1 Å². The molecule has 1 saturated carbocycles. The summed E-state index contributed by atoms with van der Waals surface area (Å²) < 4.78 is 0. The van der Waals surface area contributed by atoms with Gasteiger partial charge in [-0.1, -0.05) is 25.8 Å². The number of nitrogens with one attached hydrogen (secondary N) is 1. The Bertz CT molecular complexity index is 378. The van der Waals surface area contributed by atoms with Gasteiger partial charge in [0.1, 0.15) is 11.5 Å². The van der Waals surface area contributed by atoms with Crippen LogP contribution in [0.1, 0.15) is 38.2 Å². The van der Waals surface area contributed by atoms with Crippen LogP contribution in [-0.4, -0.2) is 16.3 Å². The summed E-state index contributed by atoms with van der Waals surface area (Å²) >= 11 is 0. The first-order valence-corrected chi connectivity index (χ1v) is 6.39. The number of hydrogen-bond donors (Lipinski definition) is 3. The first-order chi connectivity index (χ1) is 8.15. The second-order valence-electron chi connectivity index (χ2n) is 5.16. The van der Waals surface area contributed by atoms with Crippen molar-refractivity contribution in [1.82, 2.24) is 5.32 Å². The van der Waals surface area contributed by atoms with E-state index in [9.17, 15) is 10.2 Å². The van der Waals surface area contributed by atoms with Crippen LogP contribution in [0.15, 0.2) is 18.2 Å². The second kappa shape index (κ2) is 5.41. The molecule has 1 aromatic carbocycles. The van der Waals surface area contributed by atoms with Gasteiger partial charge in [0, 0.05) is 24.2 Å². The predicted octanol–water partition coefficient (Wildman–Crippen LogP) is 2.77. The fraction of sp³-hybridized carbons (Fsp3) is 0.571. The SMILES string of the molecule is CC1CCCC(NCc2ccc(O)cc2O)C1. The summed E-state index contributed by atoms with van der Waals surface area (Å²) in [6.45, 7) is 2.97. The number of aromatic hydroxyl groups is 2. The number of hydrogen-bond acceptors (Lipinski definition) is 3. The molecular weight excluding hydrogens is 214 g/mol. The van der Waals surface area contributed by atoms with Crippen LogP contribution in [-0.2, 0) is 6.54 Å². The fourth-order valence-corrected chi connectivity index (χ4v) is 2.58. The van der Waals surface area contributed by atoms with Crippen LogP contribution in [0.5, 0.6) is 11.5 Å². The minimum atomic E-state index is 0.109. The Hall–Kier alpha value is -1.22. The molecule has 1 fully saturated rings. The van der Waals surface area contributed by atoms with Crippen molar-refractivity contribution in [3.8, 4) is 11.5 Å². The van der Waals surface area contributed by atoms with Crippen LogP contribution < -0.4 is 5.32 Å². The van der Waals surface area contributed by atoms with Crippen molar-refractivity contribution in [3.05, 3.63) is 23.8 Å². The van der Waals surface area contributed by atoms with Gasteiger partial charge in [0.15, 0.2) is 0 Å². The van der Waals surface area contributed by atoms with E-state index in [4.69, 9.17) is 0 Å². The van der Waals surface area contributed by atoms with Gasteiger partial charge in [-0.05, 0) is 24.8 Å². The molecule has 2 atom stereocenters. The first-order valence-electron chi connectivity index (χ1n) is 6.39. The van der Waals surface area contributed by atoms with Crippen LogP contribution in [0.4, 0.5) is 0 Å². The van der Waals surface area contributed by atoms with Crippen LogP contribution in [0.25, 0.3) is 0 Å². The highest BCUT2D eigenvalue weighted by Gasteiger charge is 2.18. The Morgan fingerprint density at radius 3 is 2.82 bits per heavy atom. The van der Waals surface area contributed by atoms with Crippen LogP contribution in [0.2, 0.25) is 0 Å². The molecular formula is C14H21NO2. The van der Waals surface area contributed by atoms with Crippen molar-refractivity contribution in [2.45, 2.75) is 45.2 Å². The predicted molar refractivity (Wildman–Crippen MR) is 68.0 cm³/mol. The zero-order valence-corrected chi connectivity index (χ0v) is 10.3. The molecule has 3 nitrogen and oxygen atoms in total. The van der Waals surface area contributed by atoms with Gasteiger partial charge in [-0.25, -0.2) is 0 Å². The van der Waals surface area contributed by atoms with E-state index in [1.165, 1.54) is 31.7 Å². The van der Waals surface area contributed by atoms with Crippen LogP contribution in [0, 0.1) is 5.92 Å². The summed E-state index contributed by atoms with van der Waals surface area (Å²) in [7, 11) is 0. The molecule has 2 rings (SSSR count). The van der Waals surface area contributed by atoms with E-state index < -0.39 is 0 Å². The van der Waals surface area contributed by atoms with Gasteiger partial charge in [-0.3, -0.25) is 0 Å². The second-order valence-corrected chi connectivity index (χ2v) is 5.16. The summed E-state index contributed by atoms with van der Waals surface area (Å²) in [5.74, 6) is 1.08. The van der Waals surface area contributed by atoms with Crippen LogP contribution >= 0.6 is 0 Å². The quantitative estimate of drug-likeness (QED) is 0.755. The number of rotatable bonds is 3. The van der Waals surface area contributed by atoms with Crippen molar-refractivity contribution in [2.75, 3.05) is 0 Å². The average molecular weight is 235 g/mol. The molecule has 0 spiro atoms. The molecule has 2 unspecified atom stereocenters. The molecule has 0 saturated heterocycles. The van der Waals surface area contributed by atoms with Crippen molar-refractivity contribution < 1.29 is 10.2 Å². The topological polar surface area (TPSA) is 52.5 Å². The standard InChI is InChI=1S/C14H21NO2/c1-10-3-2-4-12(7-10)15-9-11-5-6-13(16)8-14(11)17/h5-6,8,10,12,15-17H,2-4,7,9H2,1H3. The maximum Gasteiger partial charge on any atom is 0.123 e. The van der Waals surface area contributed by atoms with E-state index in [0.717, 1.165) is 11.5 Å².